The fourth-order valence-corrected chi connectivity index (χ4v) is 1.77. The Morgan fingerprint density at radius 1 is 0.273 bits per heavy atom. The molecule has 0 N–H and O–H groups in total. The van der Waals surface area contributed by atoms with E-state index in [4.69, 9.17) is 0 Å². The first kappa shape index (κ1) is 11.7. The van der Waals surface area contributed by atoms with E-state index in [9.17, 15) is 0 Å². The molecule has 0 aromatic rings. The Morgan fingerprint density at radius 2 is 0.364 bits per heavy atom. The molecule has 0 spiro atoms. The van der Waals surface area contributed by atoms with Crippen molar-refractivity contribution in [3.05, 3.63) is 0 Å². The summed E-state index contributed by atoms with van der Waals surface area (Å²) in [5, 5.41) is 0. The van der Waals surface area contributed by atoms with Crippen LogP contribution < -0.4 is 0 Å². The van der Waals surface area contributed by atoms with Crippen molar-refractivity contribution < 1.29 is 21.1 Å². The maximum Gasteiger partial charge on any atom is 0 e. The van der Waals surface area contributed by atoms with Crippen LogP contribution in [0, 0.1) is 0 Å². The molecular formula is C10H20W. The number of rotatable bonds is 0. The van der Waals surface area contributed by atoms with Crippen molar-refractivity contribution in [2.75, 3.05) is 0 Å². The first-order valence-electron chi connectivity index (χ1n) is 5.00. The van der Waals surface area contributed by atoms with E-state index >= 15 is 0 Å². The van der Waals surface area contributed by atoms with Crippen LogP contribution in [0.25, 0.3) is 0 Å². The monoisotopic (exact) mass is 324 g/mol. The van der Waals surface area contributed by atoms with Gasteiger partial charge in [-0.05, 0) is 0 Å². The molecule has 0 aliphatic heterocycles. The van der Waals surface area contributed by atoms with Crippen LogP contribution in [0.2, 0.25) is 0 Å². The van der Waals surface area contributed by atoms with Gasteiger partial charge in [-0.25, -0.2) is 0 Å². The zero-order chi connectivity index (χ0) is 7.07. The molecule has 0 saturated heterocycles. The molecule has 0 unspecified atom stereocenters. The molecule has 0 radical (unpaired) electrons. The Morgan fingerprint density at radius 3 is 0.455 bits per heavy atom. The van der Waals surface area contributed by atoms with E-state index in [0.29, 0.717) is 0 Å². The molecule has 0 bridgehead atoms. The largest absolute Gasteiger partial charge is 0.0533 e. The van der Waals surface area contributed by atoms with E-state index in [0.717, 1.165) is 0 Å². The van der Waals surface area contributed by atoms with E-state index in [1.54, 1.807) is 0 Å². The van der Waals surface area contributed by atoms with E-state index in [2.05, 4.69) is 0 Å². The van der Waals surface area contributed by atoms with Crippen LogP contribution in [0.15, 0.2) is 0 Å². The summed E-state index contributed by atoms with van der Waals surface area (Å²) in [7, 11) is 0. The van der Waals surface area contributed by atoms with Gasteiger partial charge in [0.05, 0.1) is 0 Å². The summed E-state index contributed by atoms with van der Waals surface area (Å²) < 4.78 is 0. The minimum atomic E-state index is 0. The molecule has 0 aromatic carbocycles. The Hall–Kier alpha value is 0.688. The second-order valence-corrected chi connectivity index (χ2v) is 3.54. The van der Waals surface area contributed by atoms with Crippen LogP contribution in [0.5, 0.6) is 0 Å². The van der Waals surface area contributed by atoms with Crippen LogP contribution in [0.4, 0.5) is 0 Å². The predicted molar refractivity (Wildman–Crippen MR) is 46.2 cm³/mol. The number of hydrogen-bond donors (Lipinski definition) is 0. The topological polar surface area (TPSA) is 0 Å². The third-order valence-corrected chi connectivity index (χ3v) is 2.50. The third-order valence-electron chi connectivity index (χ3n) is 2.50. The molecule has 0 nitrogen and oxygen atoms in total. The summed E-state index contributed by atoms with van der Waals surface area (Å²) in [6, 6.07) is 0. The maximum absolute atomic E-state index is 1.50. The average Bonchev–Trinajstić information content (AvgIpc) is 2.67. The van der Waals surface area contributed by atoms with Gasteiger partial charge in [0.15, 0.2) is 0 Å². The summed E-state index contributed by atoms with van der Waals surface area (Å²) in [4.78, 5) is 0. The van der Waals surface area contributed by atoms with Gasteiger partial charge in [0.1, 0.15) is 0 Å². The SMILES string of the molecule is C1CCCC1.C1CCCC1.[W]. The molecule has 2 rings (SSSR count). The molecule has 2 saturated carbocycles. The molecule has 66 valence electrons. The van der Waals surface area contributed by atoms with Crippen LogP contribution in [-0.2, 0) is 21.1 Å². The van der Waals surface area contributed by atoms with Crippen molar-refractivity contribution in [2.24, 2.45) is 0 Å². The van der Waals surface area contributed by atoms with Crippen molar-refractivity contribution >= 4 is 0 Å². The fourth-order valence-electron chi connectivity index (χ4n) is 1.77. The predicted octanol–water partition coefficient (Wildman–Crippen LogP) is 3.90. The van der Waals surface area contributed by atoms with Crippen LogP contribution in [0.3, 0.4) is 0 Å². The van der Waals surface area contributed by atoms with Gasteiger partial charge in [-0.3, -0.25) is 0 Å². The van der Waals surface area contributed by atoms with Gasteiger partial charge in [-0.15, -0.1) is 0 Å². The van der Waals surface area contributed by atoms with Gasteiger partial charge in [0, 0.05) is 21.1 Å². The summed E-state index contributed by atoms with van der Waals surface area (Å²) in [5.41, 5.74) is 0. The third kappa shape index (κ3) is 7.06. The minimum Gasteiger partial charge on any atom is -0.0533 e. The first-order chi connectivity index (χ1) is 5.00. The molecular weight excluding hydrogens is 304 g/mol. The summed E-state index contributed by atoms with van der Waals surface area (Å²) in [6.45, 7) is 0. The minimum absolute atomic E-state index is 0. The Bertz CT molecular complexity index is 38.1. The molecule has 2 aliphatic carbocycles. The van der Waals surface area contributed by atoms with Crippen LogP contribution in [0.1, 0.15) is 64.2 Å². The smallest absolute Gasteiger partial charge is 0 e. The standard InChI is InChI=1S/2C5H10.W/c2*1-2-4-5-3-1;/h2*1-5H2;. The zero-order valence-corrected chi connectivity index (χ0v) is 10.4. The average molecular weight is 324 g/mol. The van der Waals surface area contributed by atoms with Crippen molar-refractivity contribution in [3.8, 4) is 0 Å². The van der Waals surface area contributed by atoms with Crippen LogP contribution in [-0.4, -0.2) is 0 Å². The molecule has 0 heterocycles. The van der Waals surface area contributed by atoms with Gasteiger partial charge in [-0.1, -0.05) is 64.2 Å². The van der Waals surface area contributed by atoms with Gasteiger partial charge in [0.25, 0.3) is 0 Å². The van der Waals surface area contributed by atoms with Gasteiger partial charge >= 0.3 is 0 Å². The van der Waals surface area contributed by atoms with E-state index in [-0.39, 0.29) is 21.1 Å². The zero-order valence-electron chi connectivity index (χ0n) is 7.48. The molecule has 0 atom stereocenters. The normalized spacial score (nSPS) is 21.8. The molecule has 0 aromatic heterocycles. The van der Waals surface area contributed by atoms with E-state index in [1.807, 2.05) is 0 Å². The summed E-state index contributed by atoms with van der Waals surface area (Å²) >= 11 is 0. The van der Waals surface area contributed by atoms with Gasteiger partial charge in [-0.2, -0.15) is 0 Å². The van der Waals surface area contributed by atoms with Crippen molar-refractivity contribution in [1.29, 1.82) is 0 Å². The Labute approximate surface area is 85.4 Å². The fraction of sp³-hybridized carbons (Fsp3) is 1.00. The quantitative estimate of drug-likeness (QED) is 0.634. The van der Waals surface area contributed by atoms with Gasteiger partial charge in [0.2, 0.25) is 0 Å². The molecule has 2 fully saturated rings. The molecule has 1 heteroatoms. The molecule has 2 aliphatic rings. The van der Waals surface area contributed by atoms with Gasteiger partial charge < -0.3 is 0 Å². The first-order valence-corrected chi connectivity index (χ1v) is 5.00. The molecule has 0 amide bonds. The van der Waals surface area contributed by atoms with Crippen LogP contribution >= 0.6 is 0 Å². The molecule has 11 heavy (non-hydrogen) atoms. The Kier molecular flexibility index (Phi) is 9.33. The van der Waals surface area contributed by atoms with Crippen molar-refractivity contribution in [3.63, 3.8) is 0 Å². The number of hydrogen-bond acceptors (Lipinski definition) is 0. The van der Waals surface area contributed by atoms with E-state index in [1.165, 1.54) is 64.2 Å². The summed E-state index contributed by atoms with van der Waals surface area (Å²) in [5.74, 6) is 0. The summed E-state index contributed by atoms with van der Waals surface area (Å²) in [6.07, 6.45) is 15.0. The Balaban J connectivity index is 0.000000167. The second-order valence-electron chi connectivity index (χ2n) is 3.54. The second kappa shape index (κ2) is 8.78. The van der Waals surface area contributed by atoms with Crippen molar-refractivity contribution in [2.45, 2.75) is 64.2 Å². The van der Waals surface area contributed by atoms with E-state index < -0.39 is 0 Å². The maximum atomic E-state index is 1.50. The van der Waals surface area contributed by atoms with Crippen molar-refractivity contribution in [1.82, 2.24) is 0 Å².